The molecule has 4 heterocycles. The van der Waals surface area contributed by atoms with E-state index in [-0.39, 0.29) is 48.7 Å². The molecular formula is C44H48N4O10S. The van der Waals surface area contributed by atoms with Crippen LogP contribution in [0.2, 0.25) is 0 Å². The van der Waals surface area contributed by atoms with Gasteiger partial charge in [-0.15, -0.1) is 0 Å². The summed E-state index contributed by atoms with van der Waals surface area (Å²) in [4.78, 5) is 64.1. The standard InChI is InChI=1S/C44H48N4O10S/c45-41(59)30-4-1-3-29(26-30)35-27-47(31-13-16-54-17-14-31)37-25-28(8-10-33(35)37)7-9-32(49)15-18-55-19-20-56-21-22-57-23-24-58-38-6-2-5-34-40(38)44(53)48(43(34)52)36-11-12-39(50)46-42(36)51/h1-6,8,10,25-27,31,36H,7,9,11-24H2,(H2,45,59)(H,46,50,51). The molecule has 0 aliphatic carbocycles. The van der Waals surface area contributed by atoms with Gasteiger partial charge in [0.1, 0.15) is 29.2 Å². The van der Waals surface area contributed by atoms with Gasteiger partial charge in [-0.05, 0) is 61.1 Å². The number of hydrogen-bond acceptors (Lipinski definition) is 11. The lowest BCUT2D eigenvalue weighted by molar-refractivity contribution is -0.136. The quantitative estimate of drug-likeness (QED) is 0.0714. The van der Waals surface area contributed by atoms with Gasteiger partial charge in [0.15, 0.2) is 0 Å². The number of imide groups is 2. The molecule has 310 valence electrons. The monoisotopic (exact) mass is 824 g/mol. The Labute approximate surface area is 347 Å². The molecule has 0 radical (unpaired) electrons. The van der Waals surface area contributed by atoms with Crippen molar-refractivity contribution in [2.45, 2.75) is 57.0 Å². The number of aryl methyl sites for hydroxylation is 1. The van der Waals surface area contributed by atoms with Gasteiger partial charge in [0, 0.05) is 66.7 Å². The number of fused-ring (bicyclic) bond motifs is 2. The van der Waals surface area contributed by atoms with Crippen molar-refractivity contribution < 1.29 is 47.7 Å². The Morgan fingerprint density at radius 2 is 1.54 bits per heavy atom. The third-order valence-electron chi connectivity index (χ3n) is 10.8. The minimum absolute atomic E-state index is 0.0434. The molecule has 1 aromatic heterocycles. The Kier molecular flexibility index (Phi) is 13.9. The predicted molar refractivity (Wildman–Crippen MR) is 221 cm³/mol. The normalized spacial score (nSPS) is 17.1. The fourth-order valence-corrected chi connectivity index (χ4v) is 7.87. The number of amides is 4. The van der Waals surface area contributed by atoms with E-state index in [1.807, 2.05) is 18.2 Å². The van der Waals surface area contributed by atoms with Crippen LogP contribution < -0.4 is 15.8 Å². The van der Waals surface area contributed by atoms with Crippen LogP contribution in [0, 0.1) is 0 Å². The average Bonchev–Trinajstić information content (AvgIpc) is 3.75. The molecule has 0 bridgehead atoms. The Hall–Kier alpha value is -5.32. The number of carbonyl (C=O) groups is 5. The van der Waals surface area contributed by atoms with Gasteiger partial charge >= 0.3 is 0 Å². The van der Waals surface area contributed by atoms with Gasteiger partial charge in [0.05, 0.1) is 50.8 Å². The van der Waals surface area contributed by atoms with E-state index in [4.69, 9.17) is 41.6 Å². The Bertz CT molecular complexity index is 2230. The van der Waals surface area contributed by atoms with Crippen molar-refractivity contribution in [1.82, 2.24) is 14.8 Å². The van der Waals surface area contributed by atoms with Gasteiger partial charge in [-0.2, -0.15) is 0 Å². The highest BCUT2D eigenvalue weighted by Crippen LogP contribution is 2.37. The van der Waals surface area contributed by atoms with Crippen molar-refractivity contribution in [1.29, 1.82) is 0 Å². The first kappa shape index (κ1) is 41.8. The van der Waals surface area contributed by atoms with E-state index in [2.05, 4.69) is 40.3 Å². The lowest BCUT2D eigenvalue weighted by Crippen LogP contribution is -2.54. The van der Waals surface area contributed by atoms with E-state index >= 15 is 0 Å². The van der Waals surface area contributed by atoms with Crippen LogP contribution in [-0.2, 0) is 39.8 Å². The maximum absolute atomic E-state index is 13.2. The Morgan fingerprint density at radius 3 is 2.29 bits per heavy atom. The maximum Gasteiger partial charge on any atom is 0.266 e. The van der Waals surface area contributed by atoms with Crippen LogP contribution in [-0.4, -0.2) is 109 Å². The molecule has 2 saturated heterocycles. The summed E-state index contributed by atoms with van der Waals surface area (Å²) < 4.78 is 30.6. The lowest BCUT2D eigenvalue weighted by atomic mass is 10.00. The molecule has 3 aliphatic heterocycles. The number of thiocarbonyl (C=S) groups is 1. The summed E-state index contributed by atoms with van der Waals surface area (Å²) in [5.74, 6) is -1.97. The topological polar surface area (TPSA) is 178 Å². The Balaban J connectivity index is 0.781. The fourth-order valence-electron chi connectivity index (χ4n) is 7.74. The van der Waals surface area contributed by atoms with Crippen LogP contribution in [0.1, 0.15) is 76.4 Å². The summed E-state index contributed by atoms with van der Waals surface area (Å²) in [7, 11) is 0. The molecule has 0 saturated carbocycles. The number of ether oxygens (including phenoxy) is 5. The van der Waals surface area contributed by atoms with Crippen molar-refractivity contribution in [3.63, 3.8) is 0 Å². The molecule has 3 aliphatic rings. The SMILES string of the molecule is NC(=S)c1cccc(-c2cn(C3CCOCC3)c3cc(CCC(=O)CCOCCOCCOCCOc4cccc5c4C(=O)N(C4CCC(=O)NC4=O)C5=O)ccc23)c1. The van der Waals surface area contributed by atoms with E-state index < -0.39 is 29.7 Å². The zero-order valence-corrected chi connectivity index (χ0v) is 33.6. The van der Waals surface area contributed by atoms with Crippen molar-refractivity contribution in [3.05, 3.63) is 89.1 Å². The smallest absolute Gasteiger partial charge is 0.266 e. The van der Waals surface area contributed by atoms with Gasteiger partial charge in [-0.3, -0.25) is 34.2 Å². The minimum atomic E-state index is -1.05. The highest BCUT2D eigenvalue weighted by atomic mass is 32.1. The zero-order chi connectivity index (χ0) is 41.3. The molecular weight excluding hydrogens is 777 g/mol. The fraction of sp³-hybridized carbons (Fsp3) is 0.409. The summed E-state index contributed by atoms with van der Waals surface area (Å²) in [6, 6.07) is 18.5. The second-order valence-corrected chi connectivity index (χ2v) is 15.1. The van der Waals surface area contributed by atoms with Gasteiger partial charge < -0.3 is 34.0 Å². The molecule has 3 aromatic carbocycles. The Morgan fingerprint density at radius 1 is 0.814 bits per heavy atom. The van der Waals surface area contributed by atoms with Gasteiger partial charge in [-0.1, -0.05) is 48.6 Å². The van der Waals surface area contributed by atoms with E-state index in [1.54, 1.807) is 12.1 Å². The van der Waals surface area contributed by atoms with Crippen LogP contribution in [0.5, 0.6) is 5.75 Å². The molecule has 4 aromatic rings. The third-order valence-corrected chi connectivity index (χ3v) is 11.1. The third kappa shape index (κ3) is 9.94. The number of ketones is 1. The first-order valence-electron chi connectivity index (χ1n) is 20.0. The highest BCUT2D eigenvalue weighted by Gasteiger charge is 2.46. The summed E-state index contributed by atoms with van der Waals surface area (Å²) in [5.41, 5.74) is 11.5. The number of benzene rings is 3. The van der Waals surface area contributed by atoms with Gasteiger partial charge in [0.2, 0.25) is 11.8 Å². The number of rotatable bonds is 20. The van der Waals surface area contributed by atoms with Gasteiger partial charge in [0.25, 0.3) is 11.8 Å². The maximum atomic E-state index is 13.2. The number of nitrogens with two attached hydrogens (primary N) is 1. The molecule has 1 unspecified atom stereocenters. The highest BCUT2D eigenvalue weighted by molar-refractivity contribution is 7.80. The first-order chi connectivity index (χ1) is 28.7. The molecule has 2 fully saturated rings. The molecule has 14 nitrogen and oxygen atoms in total. The number of nitrogens with zero attached hydrogens (tertiary/aromatic N) is 2. The van der Waals surface area contributed by atoms with Crippen LogP contribution in [0.3, 0.4) is 0 Å². The molecule has 0 spiro atoms. The number of carbonyl (C=O) groups excluding carboxylic acids is 5. The molecule has 1 atom stereocenters. The summed E-state index contributed by atoms with van der Waals surface area (Å²) in [5, 5.41) is 3.34. The molecule has 7 rings (SSSR count). The predicted octanol–water partition coefficient (Wildman–Crippen LogP) is 4.72. The molecule has 59 heavy (non-hydrogen) atoms. The number of piperidine rings is 1. The summed E-state index contributed by atoms with van der Waals surface area (Å²) in [6.45, 7) is 3.44. The number of nitrogens with one attached hydrogen (secondary N) is 1. The number of Topliss-reactive ketones (excluding diaryl/α,β-unsaturated/α-hetero) is 1. The van der Waals surface area contributed by atoms with Crippen molar-refractivity contribution >= 4 is 57.5 Å². The van der Waals surface area contributed by atoms with Crippen LogP contribution >= 0.6 is 12.2 Å². The summed E-state index contributed by atoms with van der Waals surface area (Å²) >= 11 is 5.24. The number of aromatic nitrogens is 1. The number of hydrogen-bond donors (Lipinski definition) is 2. The second-order valence-electron chi connectivity index (χ2n) is 14.7. The van der Waals surface area contributed by atoms with Crippen LogP contribution in [0.4, 0.5) is 0 Å². The van der Waals surface area contributed by atoms with Crippen LogP contribution in [0.25, 0.3) is 22.0 Å². The average molecular weight is 825 g/mol. The minimum Gasteiger partial charge on any atom is -0.490 e. The van der Waals surface area contributed by atoms with Crippen molar-refractivity contribution in [2.24, 2.45) is 5.73 Å². The summed E-state index contributed by atoms with van der Waals surface area (Å²) in [6.07, 6.45) is 5.63. The van der Waals surface area contributed by atoms with E-state index in [0.29, 0.717) is 63.3 Å². The van der Waals surface area contributed by atoms with Crippen molar-refractivity contribution in [3.8, 4) is 16.9 Å². The molecule has 4 amide bonds. The second kappa shape index (κ2) is 19.6. The largest absolute Gasteiger partial charge is 0.490 e. The van der Waals surface area contributed by atoms with Crippen LogP contribution in [0.15, 0.2) is 66.9 Å². The lowest BCUT2D eigenvalue weighted by Gasteiger charge is -2.27. The van der Waals surface area contributed by atoms with Crippen molar-refractivity contribution in [2.75, 3.05) is 59.5 Å². The first-order valence-corrected chi connectivity index (χ1v) is 20.4. The molecule has 15 heteroatoms. The zero-order valence-electron chi connectivity index (χ0n) is 32.8. The van der Waals surface area contributed by atoms with E-state index in [0.717, 1.165) is 64.1 Å². The molecule has 3 N–H and O–H groups in total. The van der Waals surface area contributed by atoms with E-state index in [1.165, 1.54) is 6.07 Å². The van der Waals surface area contributed by atoms with Gasteiger partial charge in [-0.25, -0.2) is 0 Å². The van der Waals surface area contributed by atoms with E-state index in [9.17, 15) is 24.0 Å².